The van der Waals surface area contributed by atoms with Crippen LogP contribution in [0.1, 0.15) is 51.4 Å². The van der Waals surface area contributed by atoms with Crippen molar-refractivity contribution in [1.82, 2.24) is 10.6 Å². The van der Waals surface area contributed by atoms with E-state index in [1.807, 2.05) is 24.3 Å². The lowest BCUT2D eigenvalue weighted by atomic mass is 10.2. The molecule has 2 fully saturated rings. The van der Waals surface area contributed by atoms with Crippen molar-refractivity contribution >= 4 is 0 Å². The van der Waals surface area contributed by atoms with Gasteiger partial charge in [-0.05, 0) is 49.9 Å². The molecule has 2 aliphatic rings. The van der Waals surface area contributed by atoms with Crippen molar-refractivity contribution in [2.45, 2.75) is 75.7 Å². The molecule has 0 amide bonds. The van der Waals surface area contributed by atoms with Crippen LogP contribution in [-0.2, 0) is 0 Å². The first kappa shape index (κ1) is 21.4. The minimum Gasteiger partial charge on any atom is -0.491 e. The molecule has 158 valence electrons. The van der Waals surface area contributed by atoms with Gasteiger partial charge in [0.25, 0.3) is 0 Å². The van der Waals surface area contributed by atoms with Gasteiger partial charge in [0.1, 0.15) is 36.9 Å². The fraction of sp³-hybridized carbons (Fsp3) is 0.727. The Morgan fingerprint density at radius 1 is 0.714 bits per heavy atom. The van der Waals surface area contributed by atoms with Crippen LogP contribution >= 0.6 is 0 Å². The van der Waals surface area contributed by atoms with E-state index < -0.39 is 12.2 Å². The predicted octanol–water partition coefficient (Wildman–Crippen LogP) is 2.23. The Morgan fingerprint density at radius 2 is 1.07 bits per heavy atom. The van der Waals surface area contributed by atoms with E-state index in [1.54, 1.807) is 0 Å². The van der Waals surface area contributed by atoms with Crippen LogP contribution in [0.3, 0.4) is 0 Å². The Bertz CT molecular complexity index is 493. The summed E-state index contributed by atoms with van der Waals surface area (Å²) in [7, 11) is 0. The molecule has 1 aromatic carbocycles. The third-order valence-electron chi connectivity index (χ3n) is 5.70. The number of benzene rings is 1. The highest BCUT2D eigenvalue weighted by Crippen LogP contribution is 2.20. The van der Waals surface area contributed by atoms with Gasteiger partial charge in [0.2, 0.25) is 0 Å². The van der Waals surface area contributed by atoms with Gasteiger partial charge >= 0.3 is 0 Å². The standard InChI is InChI=1S/C22H36N2O4/c25-19(13-23-17-5-1-2-6-17)15-27-21-9-11-22(12-10-21)28-16-20(26)14-24-18-7-3-4-8-18/h9-12,17-20,23-26H,1-8,13-16H2/t19-,20+. The number of hydrogen-bond acceptors (Lipinski definition) is 6. The summed E-state index contributed by atoms with van der Waals surface area (Å²) < 4.78 is 11.3. The SMILES string of the molecule is O[C@H](CNC1CCCC1)COc1ccc(OC[C@@H](O)CNC2CCCC2)cc1. The molecule has 0 aliphatic heterocycles. The zero-order valence-corrected chi connectivity index (χ0v) is 16.8. The number of aliphatic hydroxyl groups is 2. The van der Waals surface area contributed by atoms with Crippen LogP contribution in [0.15, 0.2) is 24.3 Å². The number of ether oxygens (including phenoxy) is 2. The zero-order valence-electron chi connectivity index (χ0n) is 16.8. The van der Waals surface area contributed by atoms with Crippen molar-refractivity contribution in [2.24, 2.45) is 0 Å². The van der Waals surface area contributed by atoms with E-state index >= 15 is 0 Å². The molecule has 2 atom stereocenters. The van der Waals surface area contributed by atoms with Crippen LogP contribution in [0.2, 0.25) is 0 Å². The van der Waals surface area contributed by atoms with Gasteiger partial charge in [-0.15, -0.1) is 0 Å². The van der Waals surface area contributed by atoms with Gasteiger partial charge < -0.3 is 30.3 Å². The minimum atomic E-state index is -0.515. The summed E-state index contributed by atoms with van der Waals surface area (Å²) >= 11 is 0. The smallest absolute Gasteiger partial charge is 0.119 e. The summed E-state index contributed by atoms with van der Waals surface area (Å²) in [5.74, 6) is 1.41. The number of aliphatic hydroxyl groups excluding tert-OH is 2. The van der Waals surface area contributed by atoms with Gasteiger partial charge in [-0.2, -0.15) is 0 Å². The molecule has 28 heavy (non-hydrogen) atoms. The highest BCUT2D eigenvalue weighted by Gasteiger charge is 2.17. The lowest BCUT2D eigenvalue weighted by molar-refractivity contribution is 0.102. The van der Waals surface area contributed by atoms with Crippen molar-refractivity contribution in [3.63, 3.8) is 0 Å². The van der Waals surface area contributed by atoms with Gasteiger partial charge in [0.15, 0.2) is 0 Å². The van der Waals surface area contributed by atoms with Crippen LogP contribution in [-0.4, -0.2) is 60.8 Å². The maximum Gasteiger partial charge on any atom is 0.119 e. The molecule has 6 nitrogen and oxygen atoms in total. The van der Waals surface area contributed by atoms with E-state index in [2.05, 4.69) is 10.6 Å². The highest BCUT2D eigenvalue weighted by atomic mass is 16.5. The Hall–Kier alpha value is -1.34. The molecular formula is C22H36N2O4. The van der Waals surface area contributed by atoms with Gasteiger partial charge in [-0.3, -0.25) is 0 Å². The van der Waals surface area contributed by atoms with Crippen molar-refractivity contribution in [3.05, 3.63) is 24.3 Å². The van der Waals surface area contributed by atoms with E-state index in [-0.39, 0.29) is 13.2 Å². The second kappa shape index (κ2) is 11.6. The van der Waals surface area contributed by atoms with Crippen molar-refractivity contribution < 1.29 is 19.7 Å². The van der Waals surface area contributed by atoms with Gasteiger partial charge in [0.05, 0.1) is 0 Å². The normalized spacial score (nSPS) is 20.4. The lowest BCUT2D eigenvalue weighted by Gasteiger charge is -2.17. The average Bonchev–Trinajstić information content (AvgIpc) is 3.42. The van der Waals surface area contributed by atoms with Crippen LogP contribution in [0.4, 0.5) is 0 Å². The molecule has 1 aromatic rings. The number of rotatable bonds is 12. The summed E-state index contributed by atoms with van der Waals surface area (Å²) in [6.45, 7) is 1.67. The molecule has 4 N–H and O–H groups in total. The van der Waals surface area contributed by atoms with Crippen LogP contribution in [0.5, 0.6) is 11.5 Å². The molecular weight excluding hydrogens is 356 g/mol. The monoisotopic (exact) mass is 392 g/mol. The summed E-state index contributed by atoms with van der Waals surface area (Å²) in [6, 6.07) is 8.42. The summed E-state index contributed by atoms with van der Waals surface area (Å²) in [4.78, 5) is 0. The van der Waals surface area contributed by atoms with Crippen LogP contribution in [0.25, 0.3) is 0 Å². The second-order valence-electron chi connectivity index (χ2n) is 8.18. The Labute approximate surface area is 168 Å². The molecule has 0 spiro atoms. The van der Waals surface area contributed by atoms with Gasteiger partial charge in [0, 0.05) is 25.2 Å². The van der Waals surface area contributed by atoms with E-state index in [4.69, 9.17) is 9.47 Å². The van der Waals surface area contributed by atoms with E-state index in [0.29, 0.717) is 36.7 Å². The first-order valence-electron chi connectivity index (χ1n) is 10.9. The molecule has 0 heterocycles. The van der Waals surface area contributed by atoms with Crippen molar-refractivity contribution in [1.29, 1.82) is 0 Å². The lowest BCUT2D eigenvalue weighted by Crippen LogP contribution is -2.36. The van der Waals surface area contributed by atoms with Crippen molar-refractivity contribution in [2.75, 3.05) is 26.3 Å². The van der Waals surface area contributed by atoms with E-state index in [0.717, 1.165) is 0 Å². The fourth-order valence-electron chi connectivity index (χ4n) is 4.00. The Morgan fingerprint density at radius 3 is 1.43 bits per heavy atom. The molecule has 0 bridgehead atoms. The molecule has 2 aliphatic carbocycles. The largest absolute Gasteiger partial charge is 0.491 e. The van der Waals surface area contributed by atoms with E-state index in [1.165, 1.54) is 51.4 Å². The van der Waals surface area contributed by atoms with Crippen LogP contribution in [0, 0.1) is 0 Å². The van der Waals surface area contributed by atoms with E-state index in [9.17, 15) is 10.2 Å². The van der Waals surface area contributed by atoms with Gasteiger partial charge in [-0.25, -0.2) is 0 Å². The molecule has 2 saturated carbocycles. The molecule has 0 radical (unpaired) electrons. The minimum absolute atomic E-state index is 0.269. The third-order valence-corrected chi connectivity index (χ3v) is 5.70. The average molecular weight is 393 g/mol. The third kappa shape index (κ3) is 7.59. The topological polar surface area (TPSA) is 83.0 Å². The quantitative estimate of drug-likeness (QED) is 0.437. The molecule has 0 aromatic heterocycles. The highest BCUT2D eigenvalue weighted by molar-refractivity contribution is 5.31. The molecule has 6 heteroatoms. The summed E-state index contributed by atoms with van der Waals surface area (Å²) in [5.41, 5.74) is 0. The first-order valence-corrected chi connectivity index (χ1v) is 10.9. The Balaban J connectivity index is 1.28. The van der Waals surface area contributed by atoms with Crippen LogP contribution < -0.4 is 20.1 Å². The zero-order chi connectivity index (χ0) is 19.6. The van der Waals surface area contributed by atoms with Gasteiger partial charge in [-0.1, -0.05) is 25.7 Å². The molecule has 0 saturated heterocycles. The first-order chi connectivity index (χ1) is 13.7. The molecule has 0 unspecified atom stereocenters. The maximum atomic E-state index is 10.1. The molecule has 3 rings (SSSR count). The fourth-order valence-corrected chi connectivity index (χ4v) is 4.00. The number of hydrogen-bond donors (Lipinski definition) is 4. The summed E-state index contributed by atoms with van der Waals surface area (Å²) in [6.07, 6.45) is 8.94. The second-order valence-corrected chi connectivity index (χ2v) is 8.18. The van der Waals surface area contributed by atoms with Crippen molar-refractivity contribution in [3.8, 4) is 11.5 Å². The Kier molecular flexibility index (Phi) is 8.86. The predicted molar refractivity (Wildman–Crippen MR) is 110 cm³/mol. The number of nitrogens with one attached hydrogen (secondary N) is 2. The maximum absolute atomic E-state index is 10.1. The summed E-state index contributed by atoms with van der Waals surface area (Å²) in [5, 5.41) is 26.9.